The van der Waals surface area contributed by atoms with Crippen molar-refractivity contribution in [3.05, 3.63) is 41.2 Å². The SMILES string of the molecule is CNc1c(-c2ccc(C(=O)N3CCOCC3)cc2OC)cnc2[nH]cc(Cl)c12. The Balaban J connectivity index is 1.77. The maximum Gasteiger partial charge on any atom is 0.254 e. The molecule has 4 rings (SSSR count). The smallest absolute Gasteiger partial charge is 0.254 e. The first-order chi connectivity index (χ1) is 13.6. The van der Waals surface area contributed by atoms with Crippen LogP contribution in [0.4, 0.5) is 5.69 Å². The largest absolute Gasteiger partial charge is 0.496 e. The molecule has 1 fully saturated rings. The van der Waals surface area contributed by atoms with Gasteiger partial charge in [0.15, 0.2) is 0 Å². The number of hydrogen-bond acceptors (Lipinski definition) is 5. The van der Waals surface area contributed by atoms with Crippen LogP contribution in [-0.2, 0) is 4.74 Å². The molecule has 7 nitrogen and oxygen atoms in total. The number of ether oxygens (including phenoxy) is 2. The second-order valence-electron chi connectivity index (χ2n) is 6.48. The van der Waals surface area contributed by atoms with Crippen molar-refractivity contribution in [1.82, 2.24) is 14.9 Å². The van der Waals surface area contributed by atoms with E-state index >= 15 is 0 Å². The number of halogens is 1. The minimum absolute atomic E-state index is 0.0238. The van der Waals surface area contributed by atoms with Gasteiger partial charge in [-0.15, -0.1) is 0 Å². The van der Waals surface area contributed by atoms with E-state index in [-0.39, 0.29) is 5.91 Å². The van der Waals surface area contributed by atoms with Crippen LogP contribution in [-0.4, -0.2) is 61.2 Å². The van der Waals surface area contributed by atoms with E-state index in [0.29, 0.717) is 48.3 Å². The van der Waals surface area contributed by atoms with Gasteiger partial charge >= 0.3 is 0 Å². The molecule has 2 aromatic heterocycles. The summed E-state index contributed by atoms with van der Waals surface area (Å²) < 4.78 is 10.9. The Bertz CT molecular complexity index is 1030. The van der Waals surface area contributed by atoms with Crippen LogP contribution in [0.3, 0.4) is 0 Å². The van der Waals surface area contributed by atoms with E-state index in [4.69, 9.17) is 21.1 Å². The zero-order chi connectivity index (χ0) is 19.7. The van der Waals surface area contributed by atoms with Gasteiger partial charge in [0.1, 0.15) is 11.4 Å². The van der Waals surface area contributed by atoms with Crippen molar-refractivity contribution >= 4 is 34.2 Å². The van der Waals surface area contributed by atoms with Gasteiger partial charge < -0.3 is 24.7 Å². The quantitative estimate of drug-likeness (QED) is 0.701. The number of fused-ring (bicyclic) bond motifs is 1. The lowest BCUT2D eigenvalue weighted by Crippen LogP contribution is -2.40. The molecule has 8 heteroatoms. The predicted molar refractivity (Wildman–Crippen MR) is 109 cm³/mol. The second kappa shape index (κ2) is 7.69. The fraction of sp³-hybridized carbons (Fsp3) is 0.300. The average Bonchev–Trinajstić information content (AvgIpc) is 3.13. The Kier molecular flexibility index (Phi) is 5.11. The molecule has 2 N–H and O–H groups in total. The number of amides is 1. The van der Waals surface area contributed by atoms with Crippen LogP contribution in [0.15, 0.2) is 30.6 Å². The van der Waals surface area contributed by atoms with Crippen molar-refractivity contribution in [2.24, 2.45) is 0 Å². The number of anilines is 1. The van der Waals surface area contributed by atoms with Crippen LogP contribution in [0.1, 0.15) is 10.4 Å². The fourth-order valence-electron chi connectivity index (χ4n) is 3.52. The first-order valence-corrected chi connectivity index (χ1v) is 9.40. The number of aromatic amines is 1. The number of hydrogen-bond donors (Lipinski definition) is 2. The maximum absolute atomic E-state index is 12.8. The number of rotatable bonds is 4. The highest BCUT2D eigenvalue weighted by Gasteiger charge is 2.21. The number of methoxy groups -OCH3 is 1. The monoisotopic (exact) mass is 400 g/mol. The average molecular weight is 401 g/mol. The van der Waals surface area contributed by atoms with Gasteiger partial charge in [-0.25, -0.2) is 4.98 Å². The fourth-order valence-corrected chi connectivity index (χ4v) is 3.76. The molecule has 146 valence electrons. The highest BCUT2D eigenvalue weighted by Crippen LogP contribution is 2.40. The molecule has 3 aromatic rings. The van der Waals surface area contributed by atoms with E-state index in [1.54, 1.807) is 30.5 Å². The van der Waals surface area contributed by atoms with E-state index in [1.807, 2.05) is 19.2 Å². The number of nitrogens with zero attached hydrogens (tertiary/aromatic N) is 2. The number of H-pyrrole nitrogens is 1. The Hall–Kier alpha value is -2.77. The number of benzene rings is 1. The Morgan fingerprint density at radius 3 is 2.82 bits per heavy atom. The molecule has 0 unspecified atom stereocenters. The van der Waals surface area contributed by atoms with Crippen molar-refractivity contribution in [1.29, 1.82) is 0 Å². The minimum Gasteiger partial charge on any atom is -0.496 e. The molecule has 1 aromatic carbocycles. The van der Waals surface area contributed by atoms with Crippen LogP contribution in [0.2, 0.25) is 5.02 Å². The molecule has 0 saturated carbocycles. The van der Waals surface area contributed by atoms with Gasteiger partial charge in [-0.2, -0.15) is 0 Å². The van der Waals surface area contributed by atoms with Gasteiger partial charge in [0.25, 0.3) is 5.91 Å². The Labute approximate surface area is 167 Å². The van der Waals surface area contributed by atoms with E-state index in [2.05, 4.69) is 15.3 Å². The molecular formula is C20H21ClN4O3. The summed E-state index contributed by atoms with van der Waals surface area (Å²) in [6, 6.07) is 5.48. The molecule has 0 spiro atoms. The summed E-state index contributed by atoms with van der Waals surface area (Å²) in [4.78, 5) is 22.1. The third kappa shape index (κ3) is 3.16. The number of nitrogens with one attached hydrogen (secondary N) is 2. The van der Waals surface area contributed by atoms with Crippen LogP contribution in [0.5, 0.6) is 5.75 Å². The molecule has 3 heterocycles. The highest BCUT2D eigenvalue weighted by molar-refractivity contribution is 6.36. The molecule has 0 atom stereocenters. The van der Waals surface area contributed by atoms with Gasteiger partial charge in [0, 0.05) is 49.2 Å². The molecule has 0 radical (unpaired) electrons. The standard InChI is InChI=1S/C20H21ClN4O3/c1-22-18-14(10-23-19-17(18)15(21)11-24-19)13-4-3-12(9-16(13)27-2)20(26)25-5-7-28-8-6-25/h3-4,9-11H,5-8H2,1-2H3,(H2,22,23,24). The summed E-state index contributed by atoms with van der Waals surface area (Å²) in [6.07, 6.45) is 3.48. The van der Waals surface area contributed by atoms with Gasteiger partial charge in [0.2, 0.25) is 0 Å². The van der Waals surface area contributed by atoms with Crippen LogP contribution >= 0.6 is 11.6 Å². The topological polar surface area (TPSA) is 79.5 Å². The summed E-state index contributed by atoms with van der Waals surface area (Å²) in [6.45, 7) is 2.32. The number of carbonyl (C=O) groups excluding carboxylic acids is 1. The van der Waals surface area contributed by atoms with Crippen molar-refractivity contribution in [3.8, 4) is 16.9 Å². The van der Waals surface area contributed by atoms with E-state index in [0.717, 1.165) is 22.2 Å². The van der Waals surface area contributed by atoms with Crippen molar-refractivity contribution < 1.29 is 14.3 Å². The normalized spacial score (nSPS) is 14.3. The van der Waals surface area contributed by atoms with E-state index < -0.39 is 0 Å². The first kappa shape index (κ1) is 18.6. The molecule has 1 saturated heterocycles. The molecule has 1 aliphatic heterocycles. The van der Waals surface area contributed by atoms with Gasteiger partial charge in [-0.05, 0) is 18.2 Å². The zero-order valence-electron chi connectivity index (χ0n) is 15.7. The van der Waals surface area contributed by atoms with Crippen LogP contribution in [0, 0.1) is 0 Å². The number of aromatic nitrogens is 2. The molecule has 1 amide bonds. The van der Waals surface area contributed by atoms with Crippen molar-refractivity contribution in [3.63, 3.8) is 0 Å². The predicted octanol–water partition coefficient (Wildman–Crippen LogP) is 3.41. The molecule has 28 heavy (non-hydrogen) atoms. The summed E-state index contributed by atoms with van der Waals surface area (Å²) >= 11 is 6.34. The lowest BCUT2D eigenvalue weighted by atomic mass is 10.0. The van der Waals surface area contributed by atoms with E-state index in [1.165, 1.54) is 0 Å². The molecule has 0 aliphatic carbocycles. The van der Waals surface area contributed by atoms with Crippen molar-refractivity contribution in [2.75, 3.05) is 45.8 Å². The summed E-state index contributed by atoms with van der Waals surface area (Å²) in [5.41, 5.74) is 3.82. The third-order valence-electron chi connectivity index (χ3n) is 4.94. The van der Waals surface area contributed by atoms with Gasteiger partial charge in [-0.1, -0.05) is 11.6 Å². The summed E-state index contributed by atoms with van der Waals surface area (Å²) in [5, 5.41) is 4.62. The Morgan fingerprint density at radius 2 is 2.11 bits per heavy atom. The zero-order valence-corrected chi connectivity index (χ0v) is 16.5. The lowest BCUT2D eigenvalue weighted by molar-refractivity contribution is 0.0302. The minimum atomic E-state index is -0.0238. The number of pyridine rings is 1. The summed E-state index contributed by atoms with van der Waals surface area (Å²) in [7, 11) is 3.43. The highest BCUT2D eigenvalue weighted by atomic mass is 35.5. The number of morpholine rings is 1. The number of carbonyl (C=O) groups is 1. The lowest BCUT2D eigenvalue weighted by Gasteiger charge is -2.27. The second-order valence-corrected chi connectivity index (χ2v) is 6.88. The van der Waals surface area contributed by atoms with Gasteiger partial charge in [-0.3, -0.25) is 4.79 Å². The molecule has 1 aliphatic rings. The first-order valence-electron chi connectivity index (χ1n) is 9.02. The van der Waals surface area contributed by atoms with Crippen LogP contribution < -0.4 is 10.1 Å². The van der Waals surface area contributed by atoms with Gasteiger partial charge in [0.05, 0.1) is 36.4 Å². The molecule has 0 bridgehead atoms. The molecular weight excluding hydrogens is 380 g/mol. The summed E-state index contributed by atoms with van der Waals surface area (Å²) in [5.74, 6) is 0.577. The van der Waals surface area contributed by atoms with Crippen molar-refractivity contribution in [2.45, 2.75) is 0 Å². The van der Waals surface area contributed by atoms with Crippen LogP contribution in [0.25, 0.3) is 22.2 Å². The third-order valence-corrected chi connectivity index (χ3v) is 5.24. The van der Waals surface area contributed by atoms with E-state index in [9.17, 15) is 4.79 Å². The maximum atomic E-state index is 12.8. The Morgan fingerprint density at radius 1 is 1.32 bits per heavy atom.